The van der Waals surface area contributed by atoms with Crippen molar-refractivity contribution in [3.8, 4) is 0 Å². The molecule has 0 bridgehead atoms. The molecule has 0 aliphatic heterocycles. The van der Waals surface area contributed by atoms with Crippen molar-refractivity contribution >= 4 is 11.9 Å². The number of amides is 1. The normalized spacial score (nSPS) is 12.6. The van der Waals surface area contributed by atoms with Gasteiger partial charge in [-0.25, -0.2) is 0 Å². The molecule has 0 saturated carbocycles. The highest BCUT2D eigenvalue weighted by Gasteiger charge is 2.18. The maximum Gasteiger partial charge on any atom is 0.305 e. The Labute approximate surface area is 501 Å². The average Bonchev–Trinajstić information content (AvgIpc) is 3.46. The number of carbonyl (C=O) groups excluding carboxylic acids is 2. The Morgan fingerprint density at radius 2 is 0.588 bits per heavy atom. The maximum absolute atomic E-state index is 12.5. The summed E-state index contributed by atoms with van der Waals surface area (Å²) in [5.74, 6) is -0.0608. The fourth-order valence-corrected chi connectivity index (χ4v) is 11.6. The van der Waals surface area contributed by atoms with Crippen molar-refractivity contribution in [3.63, 3.8) is 0 Å². The number of esters is 1. The van der Waals surface area contributed by atoms with E-state index in [0.29, 0.717) is 19.4 Å². The minimum atomic E-state index is -0.852. The molecule has 6 heteroatoms. The molecule has 0 radical (unpaired) electrons. The molecular formula is C74H143NO5. The highest BCUT2D eigenvalue weighted by Crippen LogP contribution is 2.19. The molecule has 0 aliphatic carbocycles. The van der Waals surface area contributed by atoms with Crippen LogP contribution in [0.2, 0.25) is 0 Å². The molecule has 2 atom stereocenters. The lowest BCUT2D eigenvalue weighted by molar-refractivity contribution is -0.143. The Balaban J connectivity index is 3.43. The third-order valence-electron chi connectivity index (χ3n) is 17.2. The lowest BCUT2D eigenvalue weighted by Gasteiger charge is -2.20. The highest BCUT2D eigenvalue weighted by atomic mass is 16.5. The second-order valence-electron chi connectivity index (χ2n) is 25.3. The molecule has 80 heavy (non-hydrogen) atoms. The highest BCUT2D eigenvalue weighted by molar-refractivity contribution is 5.76. The third-order valence-corrected chi connectivity index (χ3v) is 17.2. The van der Waals surface area contributed by atoms with E-state index in [0.717, 1.165) is 44.9 Å². The van der Waals surface area contributed by atoms with E-state index in [1.807, 2.05) is 6.08 Å². The zero-order valence-electron chi connectivity index (χ0n) is 54.3. The van der Waals surface area contributed by atoms with Gasteiger partial charge in [0.2, 0.25) is 5.91 Å². The average molecular weight is 1130 g/mol. The van der Waals surface area contributed by atoms with Crippen LogP contribution in [-0.2, 0) is 14.3 Å². The molecule has 1 amide bonds. The molecule has 6 nitrogen and oxygen atoms in total. The summed E-state index contributed by atoms with van der Waals surface area (Å²) in [5, 5.41) is 23.3. The van der Waals surface area contributed by atoms with Crippen molar-refractivity contribution in [1.29, 1.82) is 0 Å². The van der Waals surface area contributed by atoms with Gasteiger partial charge in [-0.1, -0.05) is 366 Å². The summed E-state index contributed by atoms with van der Waals surface area (Å²) < 4.78 is 5.51. The van der Waals surface area contributed by atoms with Crippen molar-refractivity contribution < 1.29 is 24.5 Å². The number of rotatable bonds is 69. The number of allylic oxidation sites excluding steroid dienone is 3. The van der Waals surface area contributed by atoms with Gasteiger partial charge in [-0.05, 0) is 57.8 Å². The van der Waals surface area contributed by atoms with Gasteiger partial charge in [0.05, 0.1) is 25.4 Å². The Hall–Kier alpha value is -1.66. The van der Waals surface area contributed by atoms with Crippen LogP contribution < -0.4 is 5.32 Å². The van der Waals surface area contributed by atoms with Crippen LogP contribution in [0.25, 0.3) is 0 Å². The van der Waals surface area contributed by atoms with E-state index in [4.69, 9.17) is 4.74 Å². The monoisotopic (exact) mass is 1130 g/mol. The van der Waals surface area contributed by atoms with Crippen molar-refractivity contribution in [3.05, 3.63) is 24.3 Å². The smallest absolute Gasteiger partial charge is 0.305 e. The first-order chi connectivity index (χ1) is 39.5. The number of aliphatic hydroxyl groups is 2. The minimum Gasteiger partial charge on any atom is -0.466 e. The molecule has 0 fully saturated rings. The summed E-state index contributed by atoms with van der Waals surface area (Å²) in [6, 6.07) is -0.636. The molecule has 3 N–H and O–H groups in total. The first-order valence-electron chi connectivity index (χ1n) is 36.6. The molecule has 0 saturated heterocycles. The van der Waals surface area contributed by atoms with Gasteiger partial charge in [0.1, 0.15) is 0 Å². The van der Waals surface area contributed by atoms with Gasteiger partial charge in [0.15, 0.2) is 0 Å². The van der Waals surface area contributed by atoms with Crippen LogP contribution in [-0.4, -0.2) is 47.4 Å². The number of aliphatic hydroxyl groups excluding tert-OH is 2. The predicted molar refractivity (Wildman–Crippen MR) is 352 cm³/mol. The van der Waals surface area contributed by atoms with Crippen molar-refractivity contribution in [2.24, 2.45) is 0 Å². The van der Waals surface area contributed by atoms with E-state index in [2.05, 4.69) is 31.3 Å². The van der Waals surface area contributed by atoms with Crippen LogP contribution in [0.3, 0.4) is 0 Å². The van der Waals surface area contributed by atoms with Gasteiger partial charge in [0.25, 0.3) is 0 Å². The lowest BCUT2D eigenvalue weighted by atomic mass is 10.0. The van der Waals surface area contributed by atoms with E-state index in [1.165, 1.54) is 340 Å². The van der Waals surface area contributed by atoms with Crippen LogP contribution in [0.1, 0.15) is 412 Å². The van der Waals surface area contributed by atoms with E-state index in [1.54, 1.807) is 6.08 Å². The molecule has 0 aromatic heterocycles. The molecule has 0 rings (SSSR count). The molecular weight excluding hydrogens is 983 g/mol. The van der Waals surface area contributed by atoms with Gasteiger partial charge < -0.3 is 20.3 Å². The van der Waals surface area contributed by atoms with E-state index >= 15 is 0 Å². The molecule has 0 aromatic rings. The number of nitrogens with one attached hydrogen (secondary N) is 1. The fourth-order valence-electron chi connectivity index (χ4n) is 11.6. The van der Waals surface area contributed by atoms with Gasteiger partial charge in [-0.15, -0.1) is 0 Å². The summed E-state index contributed by atoms with van der Waals surface area (Å²) in [6.45, 7) is 4.94. The van der Waals surface area contributed by atoms with Crippen molar-refractivity contribution in [2.75, 3.05) is 13.2 Å². The molecule has 0 spiro atoms. The summed E-state index contributed by atoms with van der Waals surface area (Å²) in [4.78, 5) is 24.7. The zero-order valence-corrected chi connectivity index (χ0v) is 54.3. The van der Waals surface area contributed by atoms with Gasteiger partial charge in [-0.3, -0.25) is 9.59 Å². The molecule has 0 aromatic carbocycles. The minimum absolute atomic E-state index is 0.0110. The van der Waals surface area contributed by atoms with Crippen LogP contribution in [0.4, 0.5) is 0 Å². The topological polar surface area (TPSA) is 95.9 Å². The summed E-state index contributed by atoms with van der Waals surface area (Å²) in [7, 11) is 0. The predicted octanol–water partition coefficient (Wildman–Crippen LogP) is 23.7. The Morgan fingerprint density at radius 1 is 0.338 bits per heavy atom. The first kappa shape index (κ1) is 78.3. The van der Waals surface area contributed by atoms with Crippen LogP contribution in [0.5, 0.6) is 0 Å². The first-order valence-corrected chi connectivity index (χ1v) is 36.6. The summed E-state index contributed by atoms with van der Waals surface area (Å²) >= 11 is 0. The Bertz CT molecular complexity index is 1250. The standard InChI is InChI=1S/C74H143NO5/c1-3-5-7-9-11-13-15-17-19-21-23-24-25-26-27-28-31-34-38-42-46-50-54-58-62-66-72(77)71(70-76)75-73(78)67-63-59-55-51-47-43-39-35-32-29-30-33-37-41-45-49-53-57-61-65-69-80-74(79)68-64-60-56-52-48-44-40-36-22-20-18-16-14-12-10-8-6-4-2/h29,32,62,66,71-72,76-77H,3-28,30-31,33-61,63-65,67-70H2,1-2H3,(H,75,78)/b32-29-,66-62+. The van der Waals surface area contributed by atoms with Gasteiger partial charge >= 0.3 is 5.97 Å². The van der Waals surface area contributed by atoms with Crippen LogP contribution >= 0.6 is 0 Å². The number of unbranched alkanes of at least 4 members (excludes halogenated alkanes) is 56. The number of carbonyl (C=O) groups is 2. The Kier molecular flexibility index (Phi) is 68.4. The van der Waals surface area contributed by atoms with E-state index in [9.17, 15) is 19.8 Å². The molecule has 0 heterocycles. The van der Waals surface area contributed by atoms with Crippen molar-refractivity contribution in [1.82, 2.24) is 5.32 Å². The van der Waals surface area contributed by atoms with E-state index < -0.39 is 12.1 Å². The van der Waals surface area contributed by atoms with Gasteiger partial charge in [-0.2, -0.15) is 0 Å². The number of ether oxygens (including phenoxy) is 1. The largest absolute Gasteiger partial charge is 0.466 e. The van der Waals surface area contributed by atoms with Gasteiger partial charge in [0, 0.05) is 12.8 Å². The molecule has 0 aliphatic rings. The second-order valence-corrected chi connectivity index (χ2v) is 25.3. The quantitative estimate of drug-likeness (QED) is 0.0320. The van der Waals surface area contributed by atoms with Crippen LogP contribution in [0, 0.1) is 0 Å². The van der Waals surface area contributed by atoms with E-state index in [-0.39, 0.29) is 18.5 Å². The Morgan fingerprint density at radius 3 is 0.887 bits per heavy atom. The zero-order chi connectivity index (χ0) is 57.8. The molecule has 474 valence electrons. The summed E-state index contributed by atoms with van der Waals surface area (Å²) in [5.41, 5.74) is 0. The fraction of sp³-hybridized carbons (Fsp3) is 0.919. The third kappa shape index (κ3) is 65.5. The molecule has 2 unspecified atom stereocenters. The van der Waals surface area contributed by atoms with Crippen LogP contribution in [0.15, 0.2) is 24.3 Å². The number of hydrogen-bond donors (Lipinski definition) is 3. The maximum atomic E-state index is 12.5. The van der Waals surface area contributed by atoms with Crippen molar-refractivity contribution in [2.45, 2.75) is 424 Å². The SMILES string of the molecule is CCCCCCCCCCCCCCCCCCCCCCCCC/C=C/C(O)C(CO)NC(=O)CCCCCCCCC/C=C\CCCCCCCCCCCOC(=O)CCCCCCCCCCCCCCCCCCCC. The second kappa shape index (κ2) is 69.8. The number of hydrogen-bond acceptors (Lipinski definition) is 5. The lowest BCUT2D eigenvalue weighted by Crippen LogP contribution is -2.45. The summed E-state index contributed by atoms with van der Waals surface area (Å²) in [6.07, 6.45) is 88.3.